The number of benzene rings is 1. The Morgan fingerprint density at radius 1 is 0.647 bits per heavy atom. The molecule has 0 atom stereocenters. The van der Waals surface area contributed by atoms with Crippen molar-refractivity contribution >= 4 is 23.6 Å². The first-order valence-corrected chi connectivity index (χ1v) is 10.5. The van der Waals surface area contributed by atoms with Crippen molar-refractivity contribution in [2.24, 2.45) is 5.73 Å². The summed E-state index contributed by atoms with van der Waals surface area (Å²) in [5.41, 5.74) is 7.32. The van der Waals surface area contributed by atoms with Crippen LogP contribution in [0, 0.1) is 0 Å². The fraction of sp³-hybridized carbons (Fsp3) is 0.167. The average Bonchev–Trinajstić information content (AvgIpc) is 2.86. The van der Waals surface area contributed by atoms with Crippen LogP contribution < -0.4 is 21.7 Å². The van der Waals surface area contributed by atoms with Crippen molar-refractivity contribution in [3.63, 3.8) is 0 Å². The van der Waals surface area contributed by atoms with E-state index in [1.807, 2.05) is 24.3 Å². The molecule has 0 spiro atoms. The summed E-state index contributed by atoms with van der Waals surface area (Å²) in [5.74, 6) is -1.87. The van der Waals surface area contributed by atoms with Crippen molar-refractivity contribution < 1.29 is 19.2 Å². The first-order valence-electron chi connectivity index (χ1n) is 10.5. The van der Waals surface area contributed by atoms with Crippen LogP contribution in [0.2, 0.25) is 0 Å². The Bertz CT molecular complexity index is 1210. The number of nitrogens with one attached hydrogen (secondary N) is 3. The molecule has 0 aliphatic rings. The SMILES string of the molecule is CCNC(=O)c1cccc(C(=O)NCc2ccc(CNC(=O)c3cccc(C(N)=O)n3)cc2)n1. The van der Waals surface area contributed by atoms with Crippen LogP contribution in [0.15, 0.2) is 60.7 Å². The molecule has 1 aromatic carbocycles. The van der Waals surface area contributed by atoms with Gasteiger partial charge in [0, 0.05) is 19.6 Å². The molecule has 2 aromatic heterocycles. The van der Waals surface area contributed by atoms with E-state index >= 15 is 0 Å². The molecule has 0 bridgehead atoms. The maximum atomic E-state index is 12.4. The van der Waals surface area contributed by atoms with Crippen molar-refractivity contribution in [2.75, 3.05) is 6.54 Å². The summed E-state index contributed by atoms with van der Waals surface area (Å²) in [6.45, 7) is 2.79. The van der Waals surface area contributed by atoms with Crippen LogP contribution in [0.25, 0.3) is 0 Å². The second-order valence-corrected chi connectivity index (χ2v) is 7.22. The van der Waals surface area contributed by atoms with Gasteiger partial charge in [0.05, 0.1) is 0 Å². The Kier molecular flexibility index (Phi) is 8.01. The molecular weight excluding hydrogens is 436 g/mol. The molecule has 0 aliphatic heterocycles. The second kappa shape index (κ2) is 11.3. The number of carbonyl (C=O) groups excluding carboxylic acids is 4. The number of pyridine rings is 2. The molecule has 4 amide bonds. The van der Waals surface area contributed by atoms with E-state index in [0.29, 0.717) is 6.54 Å². The Labute approximate surface area is 196 Å². The Balaban J connectivity index is 1.52. The predicted molar refractivity (Wildman–Crippen MR) is 124 cm³/mol. The largest absolute Gasteiger partial charge is 0.364 e. The number of primary amides is 1. The van der Waals surface area contributed by atoms with Crippen molar-refractivity contribution in [3.05, 3.63) is 94.6 Å². The third kappa shape index (κ3) is 6.45. The summed E-state index contributed by atoms with van der Waals surface area (Å²) >= 11 is 0. The van der Waals surface area contributed by atoms with Gasteiger partial charge >= 0.3 is 0 Å². The maximum absolute atomic E-state index is 12.4. The summed E-state index contributed by atoms with van der Waals surface area (Å²) in [7, 11) is 0. The number of rotatable bonds is 9. The minimum absolute atomic E-state index is 0.0187. The number of carbonyl (C=O) groups is 4. The van der Waals surface area contributed by atoms with Crippen molar-refractivity contribution in [1.29, 1.82) is 0 Å². The molecule has 0 saturated heterocycles. The van der Waals surface area contributed by atoms with Crippen LogP contribution in [0.5, 0.6) is 0 Å². The zero-order valence-corrected chi connectivity index (χ0v) is 18.5. The smallest absolute Gasteiger partial charge is 0.270 e. The highest BCUT2D eigenvalue weighted by Gasteiger charge is 2.12. The van der Waals surface area contributed by atoms with E-state index in [1.165, 1.54) is 24.3 Å². The molecule has 0 unspecified atom stereocenters. The van der Waals surface area contributed by atoms with Gasteiger partial charge < -0.3 is 21.7 Å². The highest BCUT2D eigenvalue weighted by atomic mass is 16.2. The second-order valence-electron chi connectivity index (χ2n) is 7.22. The number of hydrogen-bond acceptors (Lipinski definition) is 6. The third-order valence-corrected chi connectivity index (χ3v) is 4.71. The standard InChI is InChI=1S/C24H24N6O4/c1-2-26-22(32)18-7-4-8-20(30-18)24(34)28-14-16-11-9-15(10-12-16)13-27-23(33)19-6-3-5-17(29-19)21(25)31/h3-12H,2,13-14H2,1H3,(H2,25,31)(H,26,32)(H,27,33)(H,28,34). The molecule has 174 valence electrons. The van der Waals surface area contributed by atoms with Crippen molar-refractivity contribution in [3.8, 4) is 0 Å². The van der Waals surface area contributed by atoms with E-state index in [1.54, 1.807) is 19.1 Å². The molecule has 3 rings (SSSR count). The average molecular weight is 460 g/mol. The summed E-state index contributed by atoms with van der Waals surface area (Å²) in [4.78, 5) is 55.8. The van der Waals surface area contributed by atoms with Crippen LogP contribution in [0.3, 0.4) is 0 Å². The van der Waals surface area contributed by atoms with Gasteiger partial charge in [-0.2, -0.15) is 0 Å². The number of hydrogen-bond donors (Lipinski definition) is 4. The van der Waals surface area contributed by atoms with Crippen LogP contribution in [-0.2, 0) is 13.1 Å². The van der Waals surface area contributed by atoms with E-state index in [0.717, 1.165) is 11.1 Å². The van der Waals surface area contributed by atoms with Gasteiger partial charge in [0.2, 0.25) is 0 Å². The number of nitrogens with zero attached hydrogens (tertiary/aromatic N) is 2. The van der Waals surface area contributed by atoms with E-state index < -0.39 is 17.7 Å². The Morgan fingerprint density at radius 3 is 1.44 bits per heavy atom. The minimum atomic E-state index is -0.706. The predicted octanol–water partition coefficient (Wildman–Crippen LogP) is 1.19. The summed E-state index contributed by atoms with van der Waals surface area (Å²) in [6.07, 6.45) is 0. The van der Waals surface area contributed by atoms with E-state index in [2.05, 4.69) is 25.9 Å². The molecule has 0 aliphatic carbocycles. The normalized spacial score (nSPS) is 10.3. The number of amides is 4. The summed E-state index contributed by atoms with van der Waals surface area (Å²) in [6, 6.07) is 16.5. The van der Waals surface area contributed by atoms with Crippen LogP contribution in [0.1, 0.15) is 60.0 Å². The molecule has 3 aromatic rings. The molecule has 5 N–H and O–H groups in total. The first kappa shape index (κ1) is 24.1. The van der Waals surface area contributed by atoms with Crippen LogP contribution in [0.4, 0.5) is 0 Å². The number of nitrogens with two attached hydrogens (primary N) is 1. The summed E-state index contributed by atoms with van der Waals surface area (Å²) < 4.78 is 0. The Hall–Kier alpha value is -4.60. The lowest BCUT2D eigenvalue weighted by Crippen LogP contribution is -2.27. The molecule has 0 radical (unpaired) electrons. The molecule has 0 fully saturated rings. The van der Waals surface area contributed by atoms with Crippen molar-refractivity contribution in [1.82, 2.24) is 25.9 Å². The lowest BCUT2D eigenvalue weighted by Gasteiger charge is -2.08. The van der Waals surface area contributed by atoms with Gasteiger partial charge in [0.25, 0.3) is 23.6 Å². The topological polar surface area (TPSA) is 156 Å². The minimum Gasteiger partial charge on any atom is -0.364 e. The van der Waals surface area contributed by atoms with Gasteiger partial charge in [0.1, 0.15) is 22.8 Å². The molecule has 2 heterocycles. The third-order valence-electron chi connectivity index (χ3n) is 4.71. The zero-order valence-electron chi connectivity index (χ0n) is 18.5. The Morgan fingerprint density at radius 2 is 1.03 bits per heavy atom. The van der Waals surface area contributed by atoms with Crippen molar-refractivity contribution in [2.45, 2.75) is 20.0 Å². The first-order chi connectivity index (χ1) is 16.4. The lowest BCUT2D eigenvalue weighted by molar-refractivity contribution is 0.0931. The van der Waals surface area contributed by atoms with Gasteiger partial charge in [-0.1, -0.05) is 36.4 Å². The maximum Gasteiger partial charge on any atom is 0.270 e. The highest BCUT2D eigenvalue weighted by Crippen LogP contribution is 2.06. The van der Waals surface area contributed by atoms with Gasteiger partial charge in [-0.25, -0.2) is 9.97 Å². The van der Waals surface area contributed by atoms with Gasteiger partial charge in [-0.05, 0) is 42.3 Å². The fourth-order valence-electron chi connectivity index (χ4n) is 2.96. The van der Waals surface area contributed by atoms with Gasteiger partial charge in [-0.3, -0.25) is 19.2 Å². The van der Waals surface area contributed by atoms with Gasteiger partial charge in [0.15, 0.2) is 0 Å². The highest BCUT2D eigenvalue weighted by molar-refractivity contribution is 5.96. The molecular formula is C24H24N6O4. The van der Waals surface area contributed by atoms with Gasteiger partial charge in [-0.15, -0.1) is 0 Å². The van der Waals surface area contributed by atoms with Crippen LogP contribution in [-0.4, -0.2) is 40.1 Å². The fourth-order valence-corrected chi connectivity index (χ4v) is 2.96. The van der Waals surface area contributed by atoms with E-state index in [-0.39, 0.29) is 41.8 Å². The quantitative estimate of drug-likeness (QED) is 0.376. The molecule has 0 saturated carbocycles. The van der Waals surface area contributed by atoms with Crippen LogP contribution >= 0.6 is 0 Å². The van der Waals surface area contributed by atoms with E-state index in [9.17, 15) is 19.2 Å². The van der Waals surface area contributed by atoms with E-state index in [4.69, 9.17) is 5.73 Å². The zero-order chi connectivity index (χ0) is 24.5. The molecule has 34 heavy (non-hydrogen) atoms. The number of aromatic nitrogens is 2. The molecule has 10 nitrogen and oxygen atoms in total. The monoisotopic (exact) mass is 460 g/mol. The molecule has 10 heteroatoms. The summed E-state index contributed by atoms with van der Waals surface area (Å²) in [5, 5.41) is 8.14. The lowest BCUT2D eigenvalue weighted by atomic mass is 10.1.